The maximum atomic E-state index is 12.3. The summed E-state index contributed by atoms with van der Waals surface area (Å²) in [6.07, 6.45) is 0. The third-order valence-electron chi connectivity index (χ3n) is 3.18. The Labute approximate surface area is 124 Å². The number of carbonyl (C=O) groups is 1. The molecule has 2 N–H and O–H groups in total. The fraction of sp³-hybridized carbons (Fsp3) is 0.167. The van der Waals surface area contributed by atoms with Crippen LogP contribution in [0.3, 0.4) is 0 Å². The molecule has 0 atom stereocenters. The minimum Gasteiger partial charge on any atom is -0.384 e. The Balaban J connectivity index is 2.12. The summed E-state index contributed by atoms with van der Waals surface area (Å²) in [6, 6.07) is 15.2. The van der Waals surface area contributed by atoms with Crippen LogP contribution in [0.2, 0.25) is 0 Å². The van der Waals surface area contributed by atoms with Crippen molar-refractivity contribution in [1.82, 2.24) is 5.32 Å². The van der Waals surface area contributed by atoms with Gasteiger partial charge in [0.15, 0.2) is 0 Å². The predicted molar refractivity (Wildman–Crippen MR) is 82.8 cm³/mol. The molecular formula is C18H17NO2. The summed E-state index contributed by atoms with van der Waals surface area (Å²) >= 11 is 0. The van der Waals surface area contributed by atoms with Crippen molar-refractivity contribution in [3.8, 4) is 11.8 Å². The van der Waals surface area contributed by atoms with Crippen LogP contribution < -0.4 is 5.32 Å². The first-order valence-electron chi connectivity index (χ1n) is 6.74. The Hall–Kier alpha value is -2.57. The smallest absolute Gasteiger partial charge is 0.251 e. The van der Waals surface area contributed by atoms with Crippen molar-refractivity contribution >= 4 is 5.91 Å². The van der Waals surface area contributed by atoms with Gasteiger partial charge in [0.25, 0.3) is 5.91 Å². The van der Waals surface area contributed by atoms with Gasteiger partial charge in [-0.05, 0) is 30.2 Å². The summed E-state index contributed by atoms with van der Waals surface area (Å²) in [6.45, 7) is 2.16. The average Bonchev–Trinajstić information content (AvgIpc) is 2.52. The number of hydrogen-bond acceptors (Lipinski definition) is 2. The SMILES string of the molecule is Cc1c(C#CCO)cccc1C(=O)NCc1ccccc1. The molecule has 3 heteroatoms. The Morgan fingerprint density at radius 2 is 1.90 bits per heavy atom. The van der Waals surface area contributed by atoms with E-state index in [4.69, 9.17) is 5.11 Å². The summed E-state index contributed by atoms with van der Waals surface area (Å²) in [5, 5.41) is 11.7. The average molecular weight is 279 g/mol. The molecule has 2 rings (SSSR count). The first-order chi connectivity index (χ1) is 10.2. The van der Waals surface area contributed by atoms with E-state index in [9.17, 15) is 4.79 Å². The molecule has 2 aromatic rings. The topological polar surface area (TPSA) is 49.3 Å². The zero-order chi connectivity index (χ0) is 15.1. The number of aliphatic hydroxyl groups excluding tert-OH is 1. The number of rotatable bonds is 3. The van der Waals surface area contributed by atoms with Gasteiger partial charge < -0.3 is 10.4 Å². The van der Waals surface area contributed by atoms with Crippen LogP contribution in [0.1, 0.15) is 27.0 Å². The van der Waals surface area contributed by atoms with E-state index in [-0.39, 0.29) is 12.5 Å². The molecule has 2 aromatic carbocycles. The van der Waals surface area contributed by atoms with Crippen LogP contribution in [0.15, 0.2) is 48.5 Å². The van der Waals surface area contributed by atoms with E-state index >= 15 is 0 Å². The highest BCUT2D eigenvalue weighted by molar-refractivity contribution is 5.96. The molecule has 0 saturated heterocycles. The molecule has 0 radical (unpaired) electrons. The number of nitrogens with one attached hydrogen (secondary N) is 1. The van der Waals surface area contributed by atoms with Gasteiger partial charge in [0.2, 0.25) is 0 Å². The van der Waals surface area contributed by atoms with Crippen LogP contribution in [0.5, 0.6) is 0 Å². The highest BCUT2D eigenvalue weighted by Crippen LogP contribution is 2.13. The second-order valence-corrected chi connectivity index (χ2v) is 4.61. The van der Waals surface area contributed by atoms with Crippen LogP contribution in [0.4, 0.5) is 0 Å². The van der Waals surface area contributed by atoms with E-state index in [1.54, 1.807) is 12.1 Å². The van der Waals surface area contributed by atoms with Crippen molar-refractivity contribution in [3.63, 3.8) is 0 Å². The molecule has 0 unspecified atom stereocenters. The molecule has 0 aliphatic rings. The van der Waals surface area contributed by atoms with Crippen molar-refractivity contribution in [2.45, 2.75) is 13.5 Å². The van der Waals surface area contributed by atoms with Crippen molar-refractivity contribution in [2.24, 2.45) is 0 Å². The van der Waals surface area contributed by atoms with Gasteiger partial charge in [0, 0.05) is 17.7 Å². The third-order valence-corrected chi connectivity index (χ3v) is 3.18. The number of amides is 1. The van der Waals surface area contributed by atoms with Crippen LogP contribution >= 0.6 is 0 Å². The zero-order valence-corrected chi connectivity index (χ0v) is 11.9. The first kappa shape index (κ1) is 14.8. The number of carbonyl (C=O) groups excluding carboxylic acids is 1. The largest absolute Gasteiger partial charge is 0.384 e. The molecule has 0 bridgehead atoms. The van der Waals surface area contributed by atoms with E-state index in [2.05, 4.69) is 17.2 Å². The maximum Gasteiger partial charge on any atom is 0.251 e. The molecule has 0 heterocycles. The lowest BCUT2D eigenvalue weighted by atomic mass is 10.0. The van der Waals surface area contributed by atoms with Crippen LogP contribution in [0, 0.1) is 18.8 Å². The quantitative estimate of drug-likeness (QED) is 0.847. The minimum absolute atomic E-state index is 0.121. The van der Waals surface area contributed by atoms with Gasteiger partial charge >= 0.3 is 0 Å². The molecular weight excluding hydrogens is 262 g/mol. The number of hydrogen-bond donors (Lipinski definition) is 2. The molecule has 0 fully saturated rings. The highest BCUT2D eigenvalue weighted by atomic mass is 16.2. The van der Waals surface area contributed by atoms with E-state index in [0.29, 0.717) is 12.1 Å². The van der Waals surface area contributed by atoms with Gasteiger partial charge in [-0.1, -0.05) is 48.2 Å². The molecule has 106 valence electrons. The fourth-order valence-corrected chi connectivity index (χ4v) is 2.03. The Morgan fingerprint density at radius 3 is 2.62 bits per heavy atom. The fourth-order valence-electron chi connectivity index (χ4n) is 2.03. The van der Waals surface area contributed by atoms with Crippen molar-refractivity contribution < 1.29 is 9.90 Å². The lowest BCUT2D eigenvalue weighted by Gasteiger charge is -2.09. The molecule has 0 spiro atoms. The van der Waals surface area contributed by atoms with Gasteiger partial charge in [-0.15, -0.1) is 0 Å². The lowest BCUT2D eigenvalue weighted by Crippen LogP contribution is -2.23. The number of aliphatic hydroxyl groups is 1. The molecule has 0 aromatic heterocycles. The van der Waals surface area contributed by atoms with E-state index < -0.39 is 0 Å². The Bertz CT molecular complexity index is 681. The molecule has 21 heavy (non-hydrogen) atoms. The summed E-state index contributed by atoms with van der Waals surface area (Å²) in [5.41, 5.74) is 3.25. The Kier molecular flexibility index (Phi) is 5.14. The third kappa shape index (κ3) is 3.95. The zero-order valence-electron chi connectivity index (χ0n) is 11.9. The number of benzene rings is 2. The molecule has 3 nitrogen and oxygen atoms in total. The van der Waals surface area contributed by atoms with Gasteiger partial charge in [0.1, 0.15) is 6.61 Å². The molecule has 1 amide bonds. The molecule has 0 saturated carbocycles. The predicted octanol–water partition coefficient (Wildman–Crippen LogP) is 2.27. The summed E-state index contributed by atoms with van der Waals surface area (Å²) in [5.74, 6) is 5.33. The maximum absolute atomic E-state index is 12.3. The van der Waals surface area contributed by atoms with Gasteiger partial charge in [0.05, 0.1) is 0 Å². The normalized spacial score (nSPS) is 9.62. The summed E-state index contributed by atoms with van der Waals surface area (Å²) < 4.78 is 0. The highest BCUT2D eigenvalue weighted by Gasteiger charge is 2.10. The van der Waals surface area contributed by atoms with Crippen molar-refractivity contribution in [2.75, 3.05) is 6.61 Å². The van der Waals surface area contributed by atoms with Gasteiger partial charge in [-0.25, -0.2) is 0 Å². The van der Waals surface area contributed by atoms with Crippen LogP contribution in [0.25, 0.3) is 0 Å². The second-order valence-electron chi connectivity index (χ2n) is 4.61. The van der Waals surface area contributed by atoms with E-state index in [0.717, 1.165) is 16.7 Å². The van der Waals surface area contributed by atoms with E-state index in [1.165, 1.54) is 0 Å². The van der Waals surface area contributed by atoms with Crippen LogP contribution in [-0.2, 0) is 6.54 Å². The monoisotopic (exact) mass is 279 g/mol. The summed E-state index contributed by atoms with van der Waals surface area (Å²) in [7, 11) is 0. The minimum atomic E-state index is -0.191. The Morgan fingerprint density at radius 1 is 1.14 bits per heavy atom. The van der Waals surface area contributed by atoms with E-state index in [1.807, 2.05) is 43.3 Å². The molecule has 0 aliphatic carbocycles. The lowest BCUT2D eigenvalue weighted by molar-refractivity contribution is 0.0950. The van der Waals surface area contributed by atoms with Crippen molar-refractivity contribution in [3.05, 3.63) is 70.8 Å². The van der Waals surface area contributed by atoms with Crippen molar-refractivity contribution in [1.29, 1.82) is 0 Å². The summed E-state index contributed by atoms with van der Waals surface area (Å²) in [4.78, 5) is 12.3. The second kappa shape index (κ2) is 7.28. The van der Waals surface area contributed by atoms with Gasteiger partial charge in [-0.3, -0.25) is 4.79 Å². The van der Waals surface area contributed by atoms with Gasteiger partial charge in [-0.2, -0.15) is 0 Å². The standard InChI is InChI=1S/C18H17NO2/c1-14-16(10-6-12-20)9-5-11-17(14)18(21)19-13-15-7-3-2-4-8-15/h2-5,7-9,11,20H,12-13H2,1H3,(H,19,21). The molecule has 0 aliphatic heterocycles. The first-order valence-corrected chi connectivity index (χ1v) is 6.74. The van der Waals surface area contributed by atoms with Crippen LogP contribution in [-0.4, -0.2) is 17.6 Å².